The minimum absolute atomic E-state index is 0.411. The summed E-state index contributed by atoms with van der Waals surface area (Å²) in [6, 6.07) is 0. The Morgan fingerprint density at radius 2 is 1.90 bits per heavy atom. The van der Waals surface area contributed by atoms with Crippen LogP contribution in [0, 0.1) is 23.2 Å². The van der Waals surface area contributed by atoms with E-state index in [-0.39, 0.29) is 0 Å². The van der Waals surface area contributed by atoms with Crippen LogP contribution in [0.15, 0.2) is 47.6 Å². The van der Waals surface area contributed by atoms with Crippen molar-refractivity contribution in [2.45, 2.75) is 104 Å². The lowest BCUT2D eigenvalue weighted by Crippen LogP contribution is -2.36. The van der Waals surface area contributed by atoms with Gasteiger partial charge in [0.1, 0.15) is 0 Å². The molecular formula is C28H44O2. The Morgan fingerprint density at radius 3 is 2.60 bits per heavy atom. The molecule has 3 saturated carbocycles. The van der Waals surface area contributed by atoms with Crippen LogP contribution in [0.25, 0.3) is 0 Å². The Hall–Kier alpha value is -1.12. The Balaban J connectivity index is 1.70. The Kier molecular flexibility index (Phi) is 7.19. The third kappa shape index (κ3) is 5.02. The molecule has 2 nitrogen and oxygen atoms in total. The summed E-state index contributed by atoms with van der Waals surface area (Å²) in [6.45, 7) is 16.9. The van der Waals surface area contributed by atoms with Gasteiger partial charge in [-0.15, -0.1) is 0 Å². The Bertz CT molecular complexity index is 719. The highest BCUT2D eigenvalue weighted by Gasteiger charge is 2.50. The predicted octanol–water partition coefficient (Wildman–Crippen LogP) is 6.90. The van der Waals surface area contributed by atoms with E-state index in [1.165, 1.54) is 44.1 Å². The molecule has 3 aliphatic rings. The number of hydrogen-bond donors (Lipinski definition) is 2. The van der Waals surface area contributed by atoms with Crippen LogP contribution >= 0.6 is 0 Å². The summed E-state index contributed by atoms with van der Waals surface area (Å²) in [5, 5.41) is 20.3. The quantitative estimate of drug-likeness (QED) is 0.466. The van der Waals surface area contributed by atoms with Crippen molar-refractivity contribution in [2.75, 3.05) is 0 Å². The van der Waals surface area contributed by atoms with Gasteiger partial charge in [-0.1, -0.05) is 57.6 Å². The van der Waals surface area contributed by atoms with Gasteiger partial charge in [0, 0.05) is 0 Å². The van der Waals surface area contributed by atoms with Crippen molar-refractivity contribution in [2.24, 2.45) is 23.2 Å². The minimum Gasteiger partial charge on any atom is -0.390 e. The van der Waals surface area contributed by atoms with Gasteiger partial charge in [0.15, 0.2) is 0 Å². The molecule has 3 rings (SSSR count). The van der Waals surface area contributed by atoms with E-state index in [4.69, 9.17) is 0 Å². The smallest absolute Gasteiger partial charge is 0.0995 e. The number of rotatable bonds is 6. The zero-order chi connectivity index (χ0) is 22.1. The second-order valence-electron chi connectivity index (χ2n) is 11.3. The molecule has 0 amide bonds. The molecule has 30 heavy (non-hydrogen) atoms. The molecule has 0 heterocycles. The van der Waals surface area contributed by atoms with Gasteiger partial charge < -0.3 is 10.2 Å². The van der Waals surface area contributed by atoms with Gasteiger partial charge in [0.25, 0.3) is 0 Å². The van der Waals surface area contributed by atoms with Crippen LogP contribution in [0.2, 0.25) is 0 Å². The third-order valence-electron chi connectivity index (χ3n) is 8.52. The lowest BCUT2D eigenvalue weighted by molar-refractivity contribution is 0.0597. The molecule has 168 valence electrons. The van der Waals surface area contributed by atoms with E-state index in [9.17, 15) is 10.2 Å². The first-order valence-electron chi connectivity index (χ1n) is 12.2. The molecule has 2 N–H and O–H groups in total. The van der Waals surface area contributed by atoms with Gasteiger partial charge in [-0.3, -0.25) is 0 Å². The molecule has 0 aliphatic heterocycles. The van der Waals surface area contributed by atoms with E-state index in [1.54, 1.807) is 5.57 Å². The topological polar surface area (TPSA) is 40.5 Å². The maximum Gasteiger partial charge on any atom is 0.0995 e. The van der Waals surface area contributed by atoms with Gasteiger partial charge in [-0.2, -0.15) is 0 Å². The van der Waals surface area contributed by atoms with Crippen LogP contribution in [-0.4, -0.2) is 21.9 Å². The maximum absolute atomic E-state index is 10.3. The molecule has 2 heteroatoms. The Labute approximate surface area is 184 Å². The molecule has 0 saturated heterocycles. The molecule has 3 aliphatic carbocycles. The number of fused-ring (bicyclic) bond motifs is 1. The lowest BCUT2D eigenvalue weighted by atomic mass is 9.60. The van der Waals surface area contributed by atoms with Crippen molar-refractivity contribution in [3.8, 4) is 0 Å². The van der Waals surface area contributed by atoms with Gasteiger partial charge >= 0.3 is 0 Å². The van der Waals surface area contributed by atoms with Crippen LogP contribution < -0.4 is 0 Å². The van der Waals surface area contributed by atoms with Crippen molar-refractivity contribution in [3.63, 3.8) is 0 Å². The minimum atomic E-state index is -0.569. The van der Waals surface area contributed by atoms with E-state index in [2.05, 4.69) is 39.2 Å². The summed E-state index contributed by atoms with van der Waals surface area (Å²) < 4.78 is 0. The van der Waals surface area contributed by atoms with Crippen LogP contribution in [0.4, 0.5) is 0 Å². The van der Waals surface area contributed by atoms with Crippen LogP contribution in [0.1, 0.15) is 91.9 Å². The van der Waals surface area contributed by atoms with Crippen LogP contribution in [-0.2, 0) is 0 Å². The van der Waals surface area contributed by atoms with E-state index in [1.807, 2.05) is 13.8 Å². The predicted molar refractivity (Wildman–Crippen MR) is 127 cm³/mol. The number of allylic oxidation sites excluding steroid dienone is 3. The average Bonchev–Trinajstić information content (AvgIpc) is 3.02. The highest BCUT2D eigenvalue weighted by molar-refractivity contribution is 5.43. The maximum atomic E-state index is 10.3. The van der Waals surface area contributed by atoms with Crippen LogP contribution in [0.5, 0.6) is 0 Å². The normalized spacial score (nSPS) is 36.4. The van der Waals surface area contributed by atoms with Crippen molar-refractivity contribution in [3.05, 3.63) is 47.6 Å². The molecule has 0 unspecified atom stereocenters. The number of aliphatic hydroxyl groups excluding tert-OH is 1. The standard InChI is InChI=1S/C28H44O2/c1-19(9-7-17-27(4,5)30)24-15-16-25-23(10-8-18-28(24,25)6)14-13-22-12-11-20(2)26(29)21(22)3/h13-14,19,24-26,29-30H,2-3,7-12,15-18H2,1,4-6H3/b22-13-,23-14+/t19-,24+,25-,26-,28+/m0/s1. The lowest BCUT2D eigenvalue weighted by Gasteiger charge is -2.44. The zero-order valence-electron chi connectivity index (χ0n) is 19.8. The van der Waals surface area contributed by atoms with Crippen molar-refractivity contribution in [1.82, 2.24) is 0 Å². The summed E-state index contributed by atoms with van der Waals surface area (Å²) in [5.41, 5.74) is 4.42. The monoisotopic (exact) mass is 412 g/mol. The third-order valence-corrected chi connectivity index (χ3v) is 8.52. The van der Waals surface area contributed by atoms with E-state index >= 15 is 0 Å². The largest absolute Gasteiger partial charge is 0.390 e. The van der Waals surface area contributed by atoms with E-state index in [0.29, 0.717) is 11.3 Å². The average molecular weight is 413 g/mol. The van der Waals surface area contributed by atoms with Crippen molar-refractivity contribution < 1.29 is 10.2 Å². The first kappa shape index (κ1) is 23.5. The fourth-order valence-electron chi connectivity index (χ4n) is 6.68. The molecule has 0 radical (unpaired) electrons. The highest BCUT2D eigenvalue weighted by atomic mass is 16.3. The Morgan fingerprint density at radius 1 is 1.17 bits per heavy atom. The summed E-state index contributed by atoms with van der Waals surface area (Å²) in [7, 11) is 0. The van der Waals surface area contributed by atoms with Gasteiger partial charge in [-0.25, -0.2) is 0 Å². The first-order valence-corrected chi connectivity index (χ1v) is 12.2. The summed E-state index contributed by atoms with van der Waals surface area (Å²) in [6.07, 6.45) is 15.6. The number of hydrogen-bond acceptors (Lipinski definition) is 2. The van der Waals surface area contributed by atoms with E-state index < -0.39 is 11.7 Å². The second-order valence-corrected chi connectivity index (χ2v) is 11.3. The highest BCUT2D eigenvalue weighted by Crippen LogP contribution is 2.60. The molecule has 0 aromatic rings. The molecule has 0 spiro atoms. The zero-order valence-corrected chi connectivity index (χ0v) is 19.8. The fraction of sp³-hybridized carbons (Fsp3) is 0.714. The molecular weight excluding hydrogens is 368 g/mol. The van der Waals surface area contributed by atoms with Crippen molar-refractivity contribution in [1.29, 1.82) is 0 Å². The summed E-state index contributed by atoms with van der Waals surface area (Å²) >= 11 is 0. The molecule has 0 aromatic carbocycles. The molecule has 5 atom stereocenters. The second kappa shape index (κ2) is 9.17. The summed E-state index contributed by atoms with van der Waals surface area (Å²) in [4.78, 5) is 0. The van der Waals surface area contributed by atoms with Gasteiger partial charge in [-0.05, 0) is 105 Å². The molecule has 0 aromatic heterocycles. The van der Waals surface area contributed by atoms with E-state index in [0.717, 1.165) is 48.7 Å². The molecule has 0 bridgehead atoms. The molecule has 3 fully saturated rings. The van der Waals surface area contributed by atoms with Gasteiger partial charge in [0.2, 0.25) is 0 Å². The van der Waals surface area contributed by atoms with Crippen molar-refractivity contribution >= 4 is 0 Å². The number of aliphatic hydroxyl groups is 2. The first-order chi connectivity index (χ1) is 14.0. The van der Waals surface area contributed by atoms with Gasteiger partial charge in [0.05, 0.1) is 11.7 Å². The fourth-order valence-corrected chi connectivity index (χ4v) is 6.68. The van der Waals surface area contributed by atoms with Crippen LogP contribution in [0.3, 0.4) is 0 Å². The SMILES string of the molecule is C=C1CC/C(=C/C=C2\CCC[C@]3(C)[C@@H]([C@@H](C)CCCC(C)(C)O)CC[C@@H]23)C(=C)[C@H]1O. The summed E-state index contributed by atoms with van der Waals surface area (Å²) in [5.74, 6) is 2.20.